The van der Waals surface area contributed by atoms with E-state index in [1.54, 1.807) is 6.08 Å². The van der Waals surface area contributed by atoms with Crippen molar-refractivity contribution in [3.63, 3.8) is 0 Å². The van der Waals surface area contributed by atoms with Crippen LogP contribution in [0, 0.1) is 5.41 Å². The van der Waals surface area contributed by atoms with Crippen molar-refractivity contribution in [3.8, 4) is 0 Å². The SMILES string of the molecule is O=C1C=CC[C@@]12CCCOC2=O. The molecule has 0 unspecified atom stereocenters. The third-order valence-corrected chi connectivity index (χ3v) is 2.58. The molecule has 64 valence electrons. The summed E-state index contributed by atoms with van der Waals surface area (Å²) in [6.07, 6.45) is 5.24. The minimum absolute atomic E-state index is 0.0767. The van der Waals surface area contributed by atoms with Gasteiger partial charge in [0.2, 0.25) is 0 Å². The Morgan fingerprint density at radius 3 is 2.83 bits per heavy atom. The first-order chi connectivity index (χ1) is 5.76. The van der Waals surface area contributed by atoms with Gasteiger partial charge in [-0.2, -0.15) is 0 Å². The highest BCUT2D eigenvalue weighted by Gasteiger charge is 2.48. The highest BCUT2D eigenvalue weighted by Crippen LogP contribution is 2.38. The third kappa shape index (κ3) is 0.823. The molecule has 0 aromatic carbocycles. The van der Waals surface area contributed by atoms with Crippen molar-refractivity contribution < 1.29 is 14.3 Å². The van der Waals surface area contributed by atoms with Crippen LogP contribution in [-0.2, 0) is 14.3 Å². The molecular weight excluding hydrogens is 156 g/mol. The van der Waals surface area contributed by atoms with Crippen LogP contribution in [0.1, 0.15) is 19.3 Å². The lowest BCUT2D eigenvalue weighted by molar-refractivity contribution is -0.164. The van der Waals surface area contributed by atoms with E-state index in [1.165, 1.54) is 6.08 Å². The van der Waals surface area contributed by atoms with Gasteiger partial charge in [-0.25, -0.2) is 0 Å². The molecule has 0 N–H and O–H groups in total. The summed E-state index contributed by atoms with van der Waals surface area (Å²) < 4.78 is 4.89. The van der Waals surface area contributed by atoms with E-state index in [1.807, 2.05) is 0 Å². The number of carbonyl (C=O) groups is 2. The molecule has 1 aliphatic heterocycles. The van der Waals surface area contributed by atoms with Gasteiger partial charge >= 0.3 is 5.97 Å². The maximum absolute atomic E-state index is 11.4. The fraction of sp³-hybridized carbons (Fsp3) is 0.556. The fourth-order valence-electron chi connectivity index (χ4n) is 1.82. The summed E-state index contributed by atoms with van der Waals surface area (Å²) in [5, 5.41) is 0. The quantitative estimate of drug-likeness (QED) is 0.395. The van der Waals surface area contributed by atoms with Crippen LogP contribution in [-0.4, -0.2) is 18.4 Å². The zero-order valence-electron chi connectivity index (χ0n) is 6.71. The second-order valence-electron chi connectivity index (χ2n) is 3.29. The Bertz CT molecular complexity index is 267. The molecule has 0 bridgehead atoms. The van der Waals surface area contributed by atoms with Gasteiger partial charge in [0.25, 0.3) is 0 Å². The second-order valence-corrected chi connectivity index (χ2v) is 3.29. The lowest BCUT2D eigenvalue weighted by Gasteiger charge is -2.29. The molecule has 0 aromatic heterocycles. The van der Waals surface area contributed by atoms with Crippen LogP contribution in [0.25, 0.3) is 0 Å². The molecule has 0 aromatic rings. The van der Waals surface area contributed by atoms with Gasteiger partial charge < -0.3 is 4.74 Å². The summed E-state index contributed by atoms with van der Waals surface area (Å²) in [5.74, 6) is -0.407. The number of rotatable bonds is 0. The van der Waals surface area contributed by atoms with E-state index in [9.17, 15) is 9.59 Å². The molecule has 2 rings (SSSR count). The molecule has 0 saturated carbocycles. The Labute approximate surface area is 70.4 Å². The van der Waals surface area contributed by atoms with E-state index in [-0.39, 0.29) is 11.8 Å². The maximum atomic E-state index is 11.4. The summed E-state index contributed by atoms with van der Waals surface area (Å²) in [4.78, 5) is 22.7. The van der Waals surface area contributed by atoms with E-state index in [0.29, 0.717) is 19.4 Å². The Morgan fingerprint density at radius 1 is 1.42 bits per heavy atom. The summed E-state index contributed by atoms with van der Waals surface area (Å²) in [5.41, 5.74) is -0.821. The lowest BCUT2D eigenvalue weighted by atomic mass is 9.79. The van der Waals surface area contributed by atoms with Crippen LogP contribution in [0.4, 0.5) is 0 Å². The van der Waals surface area contributed by atoms with Crippen molar-refractivity contribution >= 4 is 11.8 Å². The number of hydrogen-bond acceptors (Lipinski definition) is 3. The van der Waals surface area contributed by atoms with Crippen molar-refractivity contribution in [3.05, 3.63) is 12.2 Å². The first-order valence-corrected chi connectivity index (χ1v) is 4.14. The fourth-order valence-corrected chi connectivity index (χ4v) is 1.82. The van der Waals surface area contributed by atoms with Crippen LogP contribution >= 0.6 is 0 Å². The van der Waals surface area contributed by atoms with Crippen LogP contribution < -0.4 is 0 Å². The van der Waals surface area contributed by atoms with E-state index in [2.05, 4.69) is 0 Å². The van der Waals surface area contributed by atoms with Gasteiger partial charge in [-0.05, 0) is 25.3 Å². The van der Waals surface area contributed by atoms with Gasteiger partial charge in [0.05, 0.1) is 6.61 Å². The molecule has 2 aliphatic rings. The third-order valence-electron chi connectivity index (χ3n) is 2.58. The van der Waals surface area contributed by atoms with Crippen molar-refractivity contribution in [2.75, 3.05) is 6.61 Å². The van der Waals surface area contributed by atoms with E-state index >= 15 is 0 Å². The zero-order chi connectivity index (χ0) is 8.60. The zero-order valence-corrected chi connectivity index (χ0v) is 6.71. The van der Waals surface area contributed by atoms with Crippen LogP contribution in [0.5, 0.6) is 0 Å². The highest BCUT2D eigenvalue weighted by atomic mass is 16.5. The minimum atomic E-state index is -0.821. The molecular formula is C9H10O3. The predicted octanol–water partition coefficient (Wildman–Crippen LogP) is 0.839. The van der Waals surface area contributed by atoms with E-state index < -0.39 is 5.41 Å². The summed E-state index contributed by atoms with van der Waals surface area (Å²) >= 11 is 0. The average Bonchev–Trinajstić information content (AvgIpc) is 2.41. The first kappa shape index (κ1) is 7.53. The normalized spacial score (nSPS) is 34.3. The van der Waals surface area contributed by atoms with Crippen molar-refractivity contribution in [2.24, 2.45) is 5.41 Å². The molecule has 0 radical (unpaired) electrons. The molecule has 1 atom stereocenters. The van der Waals surface area contributed by atoms with E-state index in [4.69, 9.17) is 4.74 Å². The number of ether oxygens (including phenoxy) is 1. The van der Waals surface area contributed by atoms with Gasteiger partial charge in [0.1, 0.15) is 5.41 Å². The van der Waals surface area contributed by atoms with Crippen LogP contribution in [0.3, 0.4) is 0 Å². The summed E-state index contributed by atoms with van der Waals surface area (Å²) in [7, 11) is 0. The Hall–Kier alpha value is -1.12. The molecule has 1 spiro atoms. The standard InChI is InChI=1S/C9H10O3/c10-7-3-1-4-9(7)5-2-6-12-8(9)11/h1,3H,2,4-6H2/t9-/m1/s1. The molecule has 1 aliphatic carbocycles. The largest absolute Gasteiger partial charge is 0.465 e. The van der Waals surface area contributed by atoms with Gasteiger partial charge in [0, 0.05) is 0 Å². The molecule has 3 heteroatoms. The van der Waals surface area contributed by atoms with Crippen molar-refractivity contribution in [2.45, 2.75) is 19.3 Å². The van der Waals surface area contributed by atoms with E-state index in [0.717, 1.165) is 6.42 Å². The molecule has 1 fully saturated rings. The van der Waals surface area contributed by atoms with Crippen LogP contribution in [0.2, 0.25) is 0 Å². The Morgan fingerprint density at radius 2 is 2.25 bits per heavy atom. The summed E-state index contributed by atoms with van der Waals surface area (Å²) in [6, 6.07) is 0. The van der Waals surface area contributed by atoms with Crippen LogP contribution in [0.15, 0.2) is 12.2 Å². The van der Waals surface area contributed by atoms with Gasteiger partial charge in [-0.3, -0.25) is 9.59 Å². The topological polar surface area (TPSA) is 43.4 Å². The van der Waals surface area contributed by atoms with Gasteiger partial charge in [-0.1, -0.05) is 6.08 Å². The molecule has 0 amide bonds. The Kier molecular flexibility index (Phi) is 1.53. The molecule has 1 heterocycles. The smallest absolute Gasteiger partial charge is 0.320 e. The predicted molar refractivity (Wildman–Crippen MR) is 41.4 cm³/mol. The number of carbonyl (C=O) groups excluding carboxylic acids is 2. The monoisotopic (exact) mass is 166 g/mol. The minimum Gasteiger partial charge on any atom is -0.465 e. The molecule has 12 heavy (non-hydrogen) atoms. The second kappa shape index (κ2) is 2.44. The highest BCUT2D eigenvalue weighted by molar-refractivity contribution is 6.11. The number of hydrogen-bond donors (Lipinski definition) is 0. The summed E-state index contributed by atoms with van der Waals surface area (Å²) in [6.45, 7) is 0.466. The molecule has 3 nitrogen and oxygen atoms in total. The number of ketones is 1. The van der Waals surface area contributed by atoms with Crippen molar-refractivity contribution in [1.82, 2.24) is 0 Å². The lowest BCUT2D eigenvalue weighted by Crippen LogP contribution is -2.40. The number of allylic oxidation sites excluding steroid dienone is 2. The average molecular weight is 166 g/mol. The number of esters is 1. The molecule has 1 saturated heterocycles. The van der Waals surface area contributed by atoms with Gasteiger partial charge in [0.15, 0.2) is 5.78 Å². The van der Waals surface area contributed by atoms with Crippen molar-refractivity contribution in [1.29, 1.82) is 0 Å². The maximum Gasteiger partial charge on any atom is 0.320 e. The number of cyclic esters (lactones) is 1. The Balaban J connectivity index is 2.29. The van der Waals surface area contributed by atoms with Gasteiger partial charge in [-0.15, -0.1) is 0 Å². The first-order valence-electron chi connectivity index (χ1n) is 4.14.